The molecule has 0 heterocycles. The summed E-state index contributed by atoms with van der Waals surface area (Å²) < 4.78 is 33.0. The molecule has 0 saturated heterocycles. The van der Waals surface area contributed by atoms with E-state index in [1.165, 1.54) is 270 Å². The highest BCUT2D eigenvalue weighted by Crippen LogP contribution is 2.43. The summed E-state index contributed by atoms with van der Waals surface area (Å²) in [7, 11) is -4.38. The summed E-state index contributed by atoms with van der Waals surface area (Å²) >= 11 is 0. The fourth-order valence-corrected chi connectivity index (χ4v) is 10.8. The van der Waals surface area contributed by atoms with E-state index in [0.717, 1.165) is 51.4 Å². The fourth-order valence-electron chi connectivity index (χ4n) is 10.0. The second-order valence-corrected chi connectivity index (χ2v) is 23.8. The van der Waals surface area contributed by atoms with Crippen LogP contribution < -0.4 is 5.73 Å². The van der Waals surface area contributed by atoms with E-state index in [9.17, 15) is 19.0 Å². The Bertz CT molecular complexity index is 1220. The molecule has 9 nitrogen and oxygen atoms in total. The molecule has 0 spiro atoms. The van der Waals surface area contributed by atoms with Crippen LogP contribution in [0.15, 0.2) is 12.2 Å². The number of hydrogen-bond donors (Lipinski definition) is 2. The molecule has 0 bridgehead atoms. The number of allylic oxidation sites excluding steroid dienone is 2. The maximum absolute atomic E-state index is 12.7. The van der Waals surface area contributed by atoms with E-state index in [1.54, 1.807) is 0 Å². The molecule has 0 amide bonds. The van der Waals surface area contributed by atoms with Gasteiger partial charge in [0.1, 0.15) is 6.61 Å². The molecule has 0 radical (unpaired) electrons. The first-order valence-corrected chi connectivity index (χ1v) is 34.2. The quantitative estimate of drug-likeness (QED) is 0.0264. The van der Waals surface area contributed by atoms with Gasteiger partial charge < -0.3 is 20.1 Å². The summed E-state index contributed by atoms with van der Waals surface area (Å²) in [6.45, 7) is 3.79. The van der Waals surface area contributed by atoms with Gasteiger partial charge in [0.25, 0.3) is 0 Å². The van der Waals surface area contributed by atoms with Gasteiger partial charge in [0.2, 0.25) is 0 Å². The molecular weight excluding hydrogens is 942 g/mol. The second kappa shape index (κ2) is 61.0. The van der Waals surface area contributed by atoms with Crippen LogP contribution in [0.2, 0.25) is 0 Å². The van der Waals surface area contributed by atoms with Gasteiger partial charge in [-0.05, 0) is 38.5 Å². The number of phosphoric acid groups is 1. The van der Waals surface area contributed by atoms with Crippen molar-refractivity contribution in [3.63, 3.8) is 0 Å². The number of unbranched alkanes of at least 4 members (excludes halogenated alkanes) is 48. The smallest absolute Gasteiger partial charge is 0.462 e. The van der Waals surface area contributed by atoms with Gasteiger partial charge in [0.05, 0.1) is 13.2 Å². The molecule has 2 atom stereocenters. The standard InChI is InChI=1S/C64H126NO8P/c1-3-5-7-9-11-13-15-17-19-20-21-22-23-24-25-26-27-28-29-30-31-32-33-34-35-36-37-38-39-40-41-43-44-46-48-50-52-54-56-63(66)70-60-62(61-72-74(68,69)71-59-58-65)73-64(67)57-55-53-51-49-47-45-42-18-16-14-12-10-8-6-4-2/h18,42,62H,3-17,19-41,43-61,65H2,1-2H3,(H,68,69)/b42-18-. The SMILES string of the molecule is CCCCCCCC/C=C\CCCCCCCC(=O)OC(COC(=O)CCCCCCCCCCCCCCCCCCCCCCCCCCCCCCCCCCCCCCCC)COP(=O)(O)OCCN. The van der Waals surface area contributed by atoms with Gasteiger partial charge in [0, 0.05) is 19.4 Å². The number of hydrogen-bond acceptors (Lipinski definition) is 8. The van der Waals surface area contributed by atoms with Crippen LogP contribution in [-0.2, 0) is 32.7 Å². The van der Waals surface area contributed by atoms with Crippen LogP contribution in [0.1, 0.15) is 354 Å². The van der Waals surface area contributed by atoms with Crippen molar-refractivity contribution in [2.75, 3.05) is 26.4 Å². The molecule has 0 rings (SSSR count). The van der Waals surface area contributed by atoms with Crippen LogP contribution in [0.5, 0.6) is 0 Å². The molecule has 0 fully saturated rings. The van der Waals surface area contributed by atoms with Gasteiger partial charge >= 0.3 is 19.8 Å². The third-order valence-electron chi connectivity index (χ3n) is 14.9. The normalized spacial score (nSPS) is 13.0. The Labute approximate surface area is 460 Å². The Hall–Kier alpha value is -1.25. The Balaban J connectivity index is 3.71. The van der Waals surface area contributed by atoms with Crippen LogP contribution in [-0.4, -0.2) is 49.3 Å². The molecule has 0 aliphatic carbocycles. The van der Waals surface area contributed by atoms with Crippen LogP contribution >= 0.6 is 7.82 Å². The minimum Gasteiger partial charge on any atom is -0.462 e. The van der Waals surface area contributed by atoms with Crippen molar-refractivity contribution >= 4 is 19.8 Å². The Morgan fingerprint density at radius 3 is 0.959 bits per heavy atom. The van der Waals surface area contributed by atoms with Crippen LogP contribution in [0.4, 0.5) is 0 Å². The zero-order chi connectivity index (χ0) is 53.8. The van der Waals surface area contributed by atoms with E-state index in [-0.39, 0.29) is 38.6 Å². The summed E-state index contributed by atoms with van der Waals surface area (Å²) in [4.78, 5) is 35.1. The third-order valence-corrected chi connectivity index (χ3v) is 15.9. The molecule has 0 saturated carbocycles. The number of carbonyl (C=O) groups is 2. The lowest BCUT2D eigenvalue weighted by atomic mass is 10.0. The topological polar surface area (TPSA) is 134 Å². The Kier molecular flexibility index (Phi) is 59.9. The first kappa shape index (κ1) is 72.8. The molecule has 0 aromatic rings. The predicted molar refractivity (Wildman–Crippen MR) is 317 cm³/mol. The summed E-state index contributed by atoms with van der Waals surface area (Å²) in [5, 5.41) is 0. The highest BCUT2D eigenvalue weighted by atomic mass is 31.2. The summed E-state index contributed by atoms with van der Waals surface area (Å²) in [5.74, 6) is -0.818. The highest BCUT2D eigenvalue weighted by molar-refractivity contribution is 7.47. The molecule has 74 heavy (non-hydrogen) atoms. The number of ether oxygens (including phenoxy) is 2. The first-order valence-electron chi connectivity index (χ1n) is 32.7. The largest absolute Gasteiger partial charge is 0.472 e. The van der Waals surface area contributed by atoms with Gasteiger partial charge in [-0.25, -0.2) is 4.57 Å². The minimum atomic E-state index is -4.38. The highest BCUT2D eigenvalue weighted by Gasteiger charge is 2.26. The predicted octanol–water partition coefficient (Wildman–Crippen LogP) is 20.8. The number of esters is 2. The number of rotatable bonds is 63. The summed E-state index contributed by atoms with van der Waals surface area (Å²) in [5.41, 5.74) is 5.38. The van der Waals surface area contributed by atoms with E-state index in [4.69, 9.17) is 24.3 Å². The lowest BCUT2D eigenvalue weighted by molar-refractivity contribution is -0.161. The van der Waals surface area contributed by atoms with Crippen molar-refractivity contribution in [3.8, 4) is 0 Å². The van der Waals surface area contributed by atoms with Crippen molar-refractivity contribution in [1.82, 2.24) is 0 Å². The zero-order valence-electron chi connectivity index (χ0n) is 49.4. The maximum atomic E-state index is 12.7. The van der Waals surface area contributed by atoms with Gasteiger partial charge in [-0.1, -0.05) is 315 Å². The zero-order valence-corrected chi connectivity index (χ0v) is 50.3. The first-order chi connectivity index (χ1) is 36.3. The average molecular weight is 1070 g/mol. The lowest BCUT2D eigenvalue weighted by Crippen LogP contribution is -2.29. The molecule has 0 aromatic carbocycles. The molecule has 10 heteroatoms. The molecule has 440 valence electrons. The van der Waals surface area contributed by atoms with Crippen LogP contribution in [0.3, 0.4) is 0 Å². The lowest BCUT2D eigenvalue weighted by Gasteiger charge is -2.19. The molecule has 0 aliphatic heterocycles. The third kappa shape index (κ3) is 60.0. The van der Waals surface area contributed by atoms with Gasteiger partial charge in [-0.3, -0.25) is 18.6 Å². The molecule has 0 aromatic heterocycles. The number of phosphoric ester groups is 1. The van der Waals surface area contributed by atoms with Crippen molar-refractivity contribution in [2.24, 2.45) is 5.73 Å². The number of carbonyl (C=O) groups excluding carboxylic acids is 2. The van der Waals surface area contributed by atoms with Crippen molar-refractivity contribution in [2.45, 2.75) is 360 Å². The molecule has 0 aliphatic rings. The number of nitrogens with two attached hydrogens (primary N) is 1. The van der Waals surface area contributed by atoms with E-state index in [1.807, 2.05) is 0 Å². The van der Waals surface area contributed by atoms with E-state index in [0.29, 0.717) is 6.42 Å². The molecule has 3 N–H and O–H groups in total. The van der Waals surface area contributed by atoms with E-state index < -0.39 is 26.5 Å². The van der Waals surface area contributed by atoms with Gasteiger partial charge in [0.15, 0.2) is 6.10 Å². The second-order valence-electron chi connectivity index (χ2n) is 22.3. The Morgan fingerprint density at radius 2 is 0.662 bits per heavy atom. The molecular formula is C64H126NO8P. The van der Waals surface area contributed by atoms with E-state index in [2.05, 4.69) is 26.0 Å². The van der Waals surface area contributed by atoms with Crippen LogP contribution in [0.25, 0.3) is 0 Å². The molecule has 2 unspecified atom stereocenters. The minimum absolute atomic E-state index is 0.0552. The fraction of sp³-hybridized carbons (Fsp3) is 0.938. The van der Waals surface area contributed by atoms with Crippen molar-refractivity contribution in [3.05, 3.63) is 12.2 Å². The van der Waals surface area contributed by atoms with Crippen LogP contribution in [0, 0.1) is 0 Å². The Morgan fingerprint density at radius 1 is 0.392 bits per heavy atom. The average Bonchev–Trinajstić information content (AvgIpc) is 3.39. The van der Waals surface area contributed by atoms with E-state index >= 15 is 0 Å². The summed E-state index contributed by atoms with van der Waals surface area (Å²) in [6.07, 6.45) is 71.8. The van der Waals surface area contributed by atoms with Gasteiger partial charge in [-0.15, -0.1) is 0 Å². The van der Waals surface area contributed by atoms with Crippen molar-refractivity contribution in [1.29, 1.82) is 0 Å². The van der Waals surface area contributed by atoms with Gasteiger partial charge in [-0.2, -0.15) is 0 Å². The summed E-state index contributed by atoms with van der Waals surface area (Å²) in [6, 6.07) is 0. The monoisotopic (exact) mass is 1070 g/mol. The van der Waals surface area contributed by atoms with Crippen molar-refractivity contribution < 1.29 is 37.6 Å². The maximum Gasteiger partial charge on any atom is 0.472 e.